The minimum absolute atomic E-state index is 0.138. The Morgan fingerprint density at radius 3 is 2.41 bits per heavy atom. The number of unbranched alkanes of at least 4 members (excludes halogenated alkanes) is 7. The third kappa shape index (κ3) is 9.04. The van der Waals surface area contributed by atoms with E-state index in [9.17, 15) is 14.4 Å². The number of hydrogen-bond donors (Lipinski definition) is 1. The van der Waals surface area contributed by atoms with Crippen molar-refractivity contribution in [2.45, 2.75) is 83.6 Å². The van der Waals surface area contributed by atoms with Crippen molar-refractivity contribution in [2.24, 2.45) is 0 Å². The van der Waals surface area contributed by atoms with Gasteiger partial charge in [-0.1, -0.05) is 81.5 Å². The Kier molecular flexibility index (Phi) is 12.5. The Bertz CT molecular complexity index is 1010. The molecule has 2 rings (SSSR count). The van der Waals surface area contributed by atoms with Gasteiger partial charge in [-0.15, -0.1) is 0 Å². The van der Waals surface area contributed by atoms with Gasteiger partial charge in [0, 0.05) is 6.42 Å². The highest BCUT2D eigenvalue weighted by Crippen LogP contribution is 2.14. The summed E-state index contributed by atoms with van der Waals surface area (Å²) >= 11 is 0. The molecule has 1 aromatic carbocycles. The van der Waals surface area contributed by atoms with Crippen molar-refractivity contribution < 1.29 is 9.53 Å². The molecule has 0 aliphatic heterocycles. The van der Waals surface area contributed by atoms with Crippen LogP contribution in [0.1, 0.15) is 83.6 Å². The third-order valence-electron chi connectivity index (χ3n) is 5.77. The van der Waals surface area contributed by atoms with E-state index in [0.29, 0.717) is 18.5 Å². The molecule has 0 amide bonds. The first-order valence-corrected chi connectivity index (χ1v) is 12.5. The number of hydrogen-bond acceptors (Lipinski definition) is 4. The number of ether oxygens (including phenoxy) is 1. The number of carbonyl (C=O) groups excluding carboxylic acids is 1. The molecule has 34 heavy (non-hydrogen) atoms. The molecule has 1 heterocycles. The lowest BCUT2D eigenvalue weighted by Gasteiger charge is -2.11. The zero-order valence-electron chi connectivity index (χ0n) is 20.6. The van der Waals surface area contributed by atoms with E-state index >= 15 is 0 Å². The number of aromatic nitrogens is 3. The van der Waals surface area contributed by atoms with Crippen molar-refractivity contribution in [1.29, 1.82) is 0 Å². The highest BCUT2D eigenvalue weighted by atomic mass is 16.5. The zero-order valence-corrected chi connectivity index (χ0v) is 20.6. The van der Waals surface area contributed by atoms with Crippen LogP contribution in [0.4, 0.5) is 0 Å². The van der Waals surface area contributed by atoms with Gasteiger partial charge in [0.25, 0.3) is 0 Å². The molecule has 0 bridgehead atoms. The summed E-state index contributed by atoms with van der Waals surface area (Å²) in [5.41, 5.74) is -0.232. The summed E-state index contributed by atoms with van der Waals surface area (Å²) in [5.74, 6) is -0.138. The lowest BCUT2D eigenvalue weighted by molar-refractivity contribution is -0.140. The van der Waals surface area contributed by atoms with Crippen molar-refractivity contribution in [3.8, 4) is 5.69 Å². The number of esters is 1. The van der Waals surface area contributed by atoms with E-state index in [2.05, 4.69) is 35.0 Å². The van der Waals surface area contributed by atoms with Crippen LogP contribution < -0.4 is 11.4 Å². The van der Waals surface area contributed by atoms with Crippen LogP contribution in [0.15, 0.2) is 64.2 Å². The van der Waals surface area contributed by atoms with E-state index in [1.54, 1.807) is 12.1 Å². The molecule has 2 aromatic rings. The fourth-order valence-corrected chi connectivity index (χ4v) is 3.79. The predicted octanol–water partition coefficient (Wildman–Crippen LogP) is 5.46. The Balaban J connectivity index is 1.94. The molecule has 1 aromatic heterocycles. The molecule has 1 unspecified atom stereocenters. The number of H-pyrrole nitrogens is 1. The number of nitrogens with one attached hydrogen (secondary N) is 1. The summed E-state index contributed by atoms with van der Waals surface area (Å²) in [6.45, 7) is 2.15. The van der Waals surface area contributed by atoms with Crippen LogP contribution in [-0.2, 0) is 9.53 Å². The van der Waals surface area contributed by atoms with Crippen LogP contribution in [-0.4, -0.2) is 27.4 Å². The molecule has 7 nitrogen and oxygen atoms in total. The molecule has 0 fully saturated rings. The molecule has 0 spiro atoms. The van der Waals surface area contributed by atoms with E-state index in [4.69, 9.17) is 0 Å². The maximum absolute atomic E-state index is 13.1. The smallest absolute Gasteiger partial charge is 0.352 e. The largest absolute Gasteiger partial charge is 0.469 e. The summed E-state index contributed by atoms with van der Waals surface area (Å²) in [4.78, 5) is 36.7. The van der Waals surface area contributed by atoms with Crippen molar-refractivity contribution in [1.82, 2.24) is 14.3 Å². The molecule has 0 radical (unpaired) electrons. The van der Waals surface area contributed by atoms with Gasteiger partial charge in [-0.3, -0.25) is 4.79 Å². The lowest BCUT2D eigenvalue weighted by atomic mass is 10.1. The average molecular weight is 470 g/mol. The van der Waals surface area contributed by atoms with E-state index in [1.807, 2.05) is 24.3 Å². The predicted molar refractivity (Wildman–Crippen MR) is 136 cm³/mol. The Morgan fingerprint density at radius 1 is 0.971 bits per heavy atom. The van der Waals surface area contributed by atoms with Gasteiger partial charge in [-0.25, -0.2) is 23.9 Å². The quantitative estimate of drug-likeness (QED) is 0.201. The second-order valence-electron chi connectivity index (χ2n) is 8.47. The molecule has 7 heteroatoms. The first kappa shape index (κ1) is 27.2. The minimum atomic E-state index is -0.431. The zero-order chi connectivity index (χ0) is 24.6. The van der Waals surface area contributed by atoms with Crippen molar-refractivity contribution in [3.05, 3.63) is 75.6 Å². The van der Waals surface area contributed by atoms with Gasteiger partial charge >= 0.3 is 17.3 Å². The number of aromatic amines is 1. The summed E-state index contributed by atoms with van der Waals surface area (Å²) in [6.07, 6.45) is 18.9. The molecular weight excluding hydrogens is 430 g/mol. The van der Waals surface area contributed by atoms with Crippen molar-refractivity contribution in [3.63, 3.8) is 0 Å². The molecule has 0 aliphatic rings. The summed E-state index contributed by atoms with van der Waals surface area (Å²) in [7, 11) is 1.42. The van der Waals surface area contributed by atoms with Gasteiger partial charge in [0.1, 0.15) is 0 Å². The summed E-state index contributed by atoms with van der Waals surface area (Å²) in [5, 5.41) is 2.74. The second kappa shape index (κ2) is 15.7. The van der Waals surface area contributed by atoms with E-state index in [1.165, 1.54) is 16.4 Å². The first-order valence-electron chi connectivity index (χ1n) is 12.5. The van der Waals surface area contributed by atoms with Gasteiger partial charge < -0.3 is 4.74 Å². The van der Waals surface area contributed by atoms with Gasteiger partial charge in [0.2, 0.25) is 0 Å². The standard InChI is InChI=1S/C27H39N3O4/c1-3-4-5-13-20-24(21-14-10-8-6-7-9-11-17-22-25(31)34-2)30-27(33)29(26(32)28-30)23-18-15-12-16-19-23/h10,12-16,18-20,24H,3-9,11,17,21-22H2,1-2H3,(H,28,32)/b14-10-,20-13+. The minimum Gasteiger partial charge on any atom is -0.469 e. The van der Waals surface area contributed by atoms with Crippen LogP contribution in [0, 0.1) is 0 Å². The number of rotatable bonds is 16. The number of benzene rings is 1. The number of nitrogens with zero attached hydrogens (tertiary/aromatic N) is 2. The van der Waals surface area contributed by atoms with E-state index < -0.39 is 5.69 Å². The fraction of sp³-hybridized carbons (Fsp3) is 0.519. The van der Waals surface area contributed by atoms with Crippen LogP contribution in [0.25, 0.3) is 5.69 Å². The molecule has 186 valence electrons. The van der Waals surface area contributed by atoms with E-state index in [-0.39, 0.29) is 17.7 Å². The maximum atomic E-state index is 13.1. The Hall–Kier alpha value is -3.09. The maximum Gasteiger partial charge on any atom is 0.352 e. The SMILES string of the molecule is CCCC/C=C/C(C/C=C\CCCCCCCC(=O)OC)n1[nH]c(=O)n(-c2ccccc2)c1=O. The van der Waals surface area contributed by atoms with E-state index in [0.717, 1.165) is 57.8 Å². The Labute approximate surface area is 202 Å². The molecule has 0 saturated heterocycles. The molecular formula is C27H39N3O4. The van der Waals surface area contributed by atoms with Gasteiger partial charge in [-0.05, 0) is 44.2 Å². The number of methoxy groups -OCH3 is 1. The van der Waals surface area contributed by atoms with Crippen LogP contribution in [0.5, 0.6) is 0 Å². The van der Waals surface area contributed by atoms with Crippen LogP contribution >= 0.6 is 0 Å². The van der Waals surface area contributed by atoms with Gasteiger partial charge in [0.15, 0.2) is 0 Å². The normalized spacial score (nSPS) is 12.5. The second-order valence-corrected chi connectivity index (χ2v) is 8.47. The fourth-order valence-electron chi connectivity index (χ4n) is 3.79. The summed E-state index contributed by atoms with van der Waals surface area (Å²) < 4.78 is 7.26. The lowest BCUT2D eigenvalue weighted by Crippen LogP contribution is -2.28. The molecule has 1 N–H and O–H groups in total. The number of carbonyl (C=O) groups is 1. The van der Waals surface area contributed by atoms with Crippen LogP contribution in [0.2, 0.25) is 0 Å². The Morgan fingerprint density at radius 2 is 1.68 bits per heavy atom. The number of para-hydroxylation sites is 1. The monoisotopic (exact) mass is 469 g/mol. The van der Waals surface area contributed by atoms with Gasteiger partial charge in [-0.2, -0.15) is 0 Å². The average Bonchev–Trinajstić information content (AvgIpc) is 3.15. The van der Waals surface area contributed by atoms with Gasteiger partial charge in [0.05, 0.1) is 18.8 Å². The van der Waals surface area contributed by atoms with Crippen LogP contribution in [0.3, 0.4) is 0 Å². The first-order chi connectivity index (χ1) is 16.6. The topological polar surface area (TPSA) is 86.1 Å². The summed E-state index contributed by atoms with van der Waals surface area (Å²) in [6, 6.07) is 8.74. The molecule has 0 saturated carbocycles. The molecule has 0 aliphatic carbocycles. The number of allylic oxidation sites excluding steroid dienone is 4. The van der Waals surface area contributed by atoms with Crippen molar-refractivity contribution in [2.75, 3.05) is 7.11 Å². The van der Waals surface area contributed by atoms with Crippen molar-refractivity contribution >= 4 is 5.97 Å². The third-order valence-corrected chi connectivity index (χ3v) is 5.77. The highest BCUT2D eigenvalue weighted by molar-refractivity contribution is 5.68. The highest BCUT2D eigenvalue weighted by Gasteiger charge is 2.16. The molecule has 1 atom stereocenters.